The van der Waals surface area contributed by atoms with Crippen molar-refractivity contribution in [1.82, 2.24) is 4.90 Å². The summed E-state index contributed by atoms with van der Waals surface area (Å²) in [4.78, 5) is 27.9. The number of rotatable bonds is 5. The van der Waals surface area contributed by atoms with Gasteiger partial charge in [-0.3, -0.25) is 4.79 Å². The second-order valence-corrected chi connectivity index (χ2v) is 5.81. The van der Waals surface area contributed by atoms with Gasteiger partial charge in [0.05, 0.1) is 12.0 Å². The number of anilines is 1. The molecule has 1 aromatic heterocycles. The van der Waals surface area contributed by atoms with E-state index in [1.807, 2.05) is 25.1 Å². The summed E-state index contributed by atoms with van der Waals surface area (Å²) in [5.41, 5.74) is 2.42. The van der Waals surface area contributed by atoms with Crippen LogP contribution in [0.1, 0.15) is 25.0 Å². The predicted octanol–water partition coefficient (Wildman–Crippen LogP) is 2.58. The molecule has 124 valence electrons. The highest BCUT2D eigenvalue weighted by Crippen LogP contribution is 2.25. The van der Waals surface area contributed by atoms with Crippen molar-refractivity contribution < 1.29 is 9.21 Å². The van der Waals surface area contributed by atoms with Crippen molar-refractivity contribution in [2.75, 3.05) is 32.1 Å². The van der Waals surface area contributed by atoms with E-state index in [0.29, 0.717) is 11.1 Å². The van der Waals surface area contributed by atoms with Crippen molar-refractivity contribution in [2.45, 2.75) is 27.2 Å². The van der Waals surface area contributed by atoms with Crippen LogP contribution in [-0.2, 0) is 11.2 Å². The summed E-state index contributed by atoms with van der Waals surface area (Å²) in [5.74, 6) is -0.112. The number of hydrogen-bond acceptors (Lipinski definition) is 4. The number of likely N-dealkylation sites (N-methyl/N-ethyl adjacent to an activating group) is 1. The van der Waals surface area contributed by atoms with Gasteiger partial charge in [0.2, 0.25) is 5.91 Å². The van der Waals surface area contributed by atoms with E-state index in [1.165, 1.54) is 4.90 Å². The minimum atomic E-state index is -0.429. The molecule has 5 nitrogen and oxygen atoms in total. The van der Waals surface area contributed by atoms with E-state index >= 15 is 0 Å². The fourth-order valence-electron chi connectivity index (χ4n) is 2.68. The lowest BCUT2D eigenvalue weighted by Crippen LogP contribution is -2.26. The van der Waals surface area contributed by atoms with Gasteiger partial charge in [-0.2, -0.15) is 0 Å². The van der Waals surface area contributed by atoms with Gasteiger partial charge in [0.25, 0.3) is 0 Å². The van der Waals surface area contributed by atoms with Gasteiger partial charge in [-0.05, 0) is 38.5 Å². The summed E-state index contributed by atoms with van der Waals surface area (Å²) in [6.07, 6.45) is 0.0644. The zero-order chi connectivity index (χ0) is 17.1. The Bertz CT molecular complexity index is 774. The molecule has 2 rings (SSSR count). The number of nitrogens with zero attached hydrogens (tertiary/aromatic N) is 2. The minimum Gasteiger partial charge on any atom is -0.422 e. The first-order valence-corrected chi connectivity index (χ1v) is 7.90. The SMILES string of the molecule is CCN(CC)c1ccc2c(C)c(CC(=O)N(C)C)c(=O)oc2c1. The molecule has 5 heteroatoms. The van der Waals surface area contributed by atoms with Crippen LogP contribution in [0, 0.1) is 6.92 Å². The maximum atomic E-state index is 12.3. The summed E-state index contributed by atoms with van der Waals surface area (Å²) < 4.78 is 5.48. The first-order valence-electron chi connectivity index (χ1n) is 7.90. The number of aryl methyl sites for hydroxylation is 1. The molecule has 0 aliphatic heterocycles. The molecule has 0 N–H and O–H groups in total. The smallest absolute Gasteiger partial charge is 0.340 e. The topological polar surface area (TPSA) is 53.8 Å². The average Bonchev–Trinajstić information content (AvgIpc) is 2.52. The predicted molar refractivity (Wildman–Crippen MR) is 93.2 cm³/mol. The van der Waals surface area contributed by atoms with Crippen molar-refractivity contribution in [3.63, 3.8) is 0 Å². The largest absolute Gasteiger partial charge is 0.422 e. The quantitative estimate of drug-likeness (QED) is 0.796. The molecule has 1 aromatic carbocycles. The Hall–Kier alpha value is -2.30. The third kappa shape index (κ3) is 3.38. The number of carbonyl (C=O) groups is 1. The maximum absolute atomic E-state index is 12.3. The molecule has 0 aliphatic rings. The molecule has 0 saturated heterocycles. The van der Waals surface area contributed by atoms with Gasteiger partial charge >= 0.3 is 5.63 Å². The van der Waals surface area contributed by atoms with E-state index in [4.69, 9.17) is 4.42 Å². The van der Waals surface area contributed by atoms with E-state index in [9.17, 15) is 9.59 Å². The first-order chi connectivity index (χ1) is 10.9. The molecule has 2 aromatic rings. The van der Waals surface area contributed by atoms with Crippen LogP contribution >= 0.6 is 0 Å². The summed E-state index contributed by atoms with van der Waals surface area (Å²) in [5, 5.41) is 0.877. The average molecular weight is 316 g/mol. The Labute approximate surface area is 136 Å². The summed E-state index contributed by atoms with van der Waals surface area (Å²) in [6, 6.07) is 5.89. The van der Waals surface area contributed by atoms with Crippen molar-refractivity contribution in [2.24, 2.45) is 0 Å². The zero-order valence-corrected chi connectivity index (χ0v) is 14.5. The van der Waals surface area contributed by atoms with Crippen LogP contribution in [-0.4, -0.2) is 38.0 Å². The molecule has 23 heavy (non-hydrogen) atoms. The molecule has 0 fully saturated rings. The monoisotopic (exact) mass is 316 g/mol. The fraction of sp³-hybridized carbons (Fsp3) is 0.444. The second-order valence-electron chi connectivity index (χ2n) is 5.81. The van der Waals surface area contributed by atoms with Crippen LogP contribution in [0.15, 0.2) is 27.4 Å². The van der Waals surface area contributed by atoms with E-state index in [-0.39, 0.29) is 12.3 Å². The van der Waals surface area contributed by atoms with Crippen molar-refractivity contribution >= 4 is 22.6 Å². The third-order valence-corrected chi connectivity index (χ3v) is 4.23. The molecular formula is C18H24N2O3. The number of fused-ring (bicyclic) bond motifs is 1. The number of hydrogen-bond donors (Lipinski definition) is 0. The zero-order valence-electron chi connectivity index (χ0n) is 14.5. The Kier molecular flexibility index (Phi) is 5.08. The molecule has 1 amide bonds. The molecule has 0 spiro atoms. The van der Waals surface area contributed by atoms with E-state index in [1.54, 1.807) is 14.1 Å². The van der Waals surface area contributed by atoms with Crippen LogP contribution in [0.5, 0.6) is 0 Å². The highest BCUT2D eigenvalue weighted by atomic mass is 16.4. The summed E-state index contributed by atoms with van der Waals surface area (Å²) in [6.45, 7) is 7.83. The normalized spacial score (nSPS) is 10.8. The second kappa shape index (κ2) is 6.86. The Balaban J connectivity index is 2.53. The van der Waals surface area contributed by atoms with E-state index < -0.39 is 5.63 Å². The molecule has 0 atom stereocenters. The van der Waals surface area contributed by atoms with Crippen LogP contribution in [0.3, 0.4) is 0 Å². The Morgan fingerprint density at radius 1 is 1.17 bits per heavy atom. The molecule has 1 heterocycles. The van der Waals surface area contributed by atoms with Crippen molar-refractivity contribution in [1.29, 1.82) is 0 Å². The lowest BCUT2D eigenvalue weighted by atomic mass is 10.0. The molecule has 0 saturated carbocycles. The summed E-state index contributed by atoms with van der Waals surface area (Å²) >= 11 is 0. The molecule has 0 radical (unpaired) electrons. The lowest BCUT2D eigenvalue weighted by Gasteiger charge is -2.21. The third-order valence-electron chi connectivity index (χ3n) is 4.23. The van der Waals surface area contributed by atoms with Gasteiger partial charge in [-0.1, -0.05) is 0 Å². The highest BCUT2D eigenvalue weighted by molar-refractivity contribution is 5.86. The standard InChI is InChI=1S/C18H24N2O3/c1-6-20(7-2)13-8-9-14-12(3)15(11-17(21)19(4)5)18(22)23-16(14)10-13/h8-10H,6-7,11H2,1-5H3. The van der Waals surface area contributed by atoms with Gasteiger partial charge in [0.1, 0.15) is 5.58 Å². The Morgan fingerprint density at radius 2 is 1.83 bits per heavy atom. The van der Waals surface area contributed by atoms with Gasteiger partial charge in [-0.15, -0.1) is 0 Å². The van der Waals surface area contributed by atoms with Gasteiger partial charge in [0, 0.05) is 44.3 Å². The minimum absolute atomic E-state index is 0.0644. The molecule has 0 bridgehead atoms. The molecule has 0 aliphatic carbocycles. The highest BCUT2D eigenvalue weighted by Gasteiger charge is 2.16. The van der Waals surface area contributed by atoms with Crippen molar-refractivity contribution in [3.8, 4) is 0 Å². The van der Waals surface area contributed by atoms with Crippen LogP contribution in [0.2, 0.25) is 0 Å². The van der Waals surface area contributed by atoms with Crippen LogP contribution in [0.25, 0.3) is 11.0 Å². The maximum Gasteiger partial charge on any atom is 0.340 e. The van der Waals surface area contributed by atoms with Gasteiger partial charge < -0.3 is 14.2 Å². The summed E-state index contributed by atoms with van der Waals surface area (Å²) in [7, 11) is 3.35. The molecule has 0 unspecified atom stereocenters. The molecular weight excluding hydrogens is 292 g/mol. The van der Waals surface area contributed by atoms with Gasteiger partial charge in [0.15, 0.2) is 0 Å². The number of benzene rings is 1. The van der Waals surface area contributed by atoms with Crippen molar-refractivity contribution in [3.05, 3.63) is 39.7 Å². The van der Waals surface area contributed by atoms with E-state index in [2.05, 4.69) is 18.7 Å². The first kappa shape index (κ1) is 17.1. The Morgan fingerprint density at radius 3 is 2.39 bits per heavy atom. The van der Waals surface area contributed by atoms with E-state index in [0.717, 1.165) is 29.7 Å². The number of amides is 1. The van der Waals surface area contributed by atoms with Crippen LogP contribution in [0.4, 0.5) is 5.69 Å². The lowest BCUT2D eigenvalue weighted by molar-refractivity contribution is -0.128. The number of carbonyl (C=O) groups excluding carboxylic acids is 1. The van der Waals surface area contributed by atoms with Crippen LogP contribution < -0.4 is 10.5 Å². The fourth-order valence-corrected chi connectivity index (χ4v) is 2.68. The van der Waals surface area contributed by atoms with Gasteiger partial charge in [-0.25, -0.2) is 4.79 Å².